The third-order valence-electron chi connectivity index (χ3n) is 1.88. The van der Waals surface area contributed by atoms with E-state index in [1.54, 1.807) is 24.9 Å². The molecule has 0 fully saturated rings. The molecule has 0 saturated carbocycles. The minimum atomic E-state index is -0.905. The second-order valence-corrected chi connectivity index (χ2v) is 3.16. The van der Waals surface area contributed by atoms with Gasteiger partial charge in [-0.1, -0.05) is 0 Å². The predicted molar refractivity (Wildman–Crippen MR) is 59.4 cm³/mol. The van der Waals surface area contributed by atoms with E-state index in [1.807, 2.05) is 0 Å². The Labute approximate surface area is 98.7 Å². The molecule has 7 nitrogen and oxygen atoms in total. The molecule has 0 aliphatic rings. The van der Waals surface area contributed by atoms with Crippen LogP contribution in [0, 0.1) is 0 Å². The Kier molecular flexibility index (Phi) is 5.15. The lowest BCUT2D eigenvalue weighted by molar-refractivity contribution is -0.152. The van der Waals surface area contributed by atoms with E-state index >= 15 is 0 Å². The number of esters is 1. The molecule has 0 saturated heterocycles. The maximum Gasteiger partial charge on any atom is 0.397 e. The fourth-order valence-corrected chi connectivity index (χ4v) is 1.11. The number of rotatable bonds is 5. The highest BCUT2D eigenvalue weighted by Crippen LogP contribution is 2.04. The fraction of sp³-hybridized carbons (Fsp3) is 0.500. The van der Waals surface area contributed by atoms with Gasteiger partial charge in [-0.3, -0.25) is 9.48 Å². The molecule has 0 aromatic carbocycles. The average molecular weight is 241 g/mol. The number of carbonyl (C=O) groups is 2. The number of anilines is 1. The fourth-order valence-electron chi connectivity index (χ4n) is 1.11. The number of hydrogen-bond donors (Lipinski definition) is 1. The van der Waals surface area contributed by atoms with Crippen molar-refractivity contribution in [3.63, 3.8) is 0 Å². The van der Waals surface area contributed by atoms with Crippen LogP contribution in [0.25, 0.3) is 0 Å². The molecule has 17 heavy (non-hydrogen) atoms. The first-order valence-electron chi connectivity index (χ1n) is 5.17. The van der Waals surface area contributed by atoms with Gasteiger partial charge in [0.15, 0.2) is 0 Å². The average Bonchev–Trinajstić information content (AvgIpc) is 2.74. The number of nitrogens with one attached hydrogen (secondary N) is 1. The monoisotopic (exact) mass is 241 g/mol. The quantitative estimate of drug-likeness (QED) is 0.581. The van der Waals surface area contributed by atoms with Crippen LogP contribution in [0.1, 0.15) is 6.92 Å². The minimum absolute atomic E-state index is 0.166. The van der Waals surface area contributed by atoms with Crippen molar-refractivity contribution < 1.29 is 19.1 Å². The molecule has 1 aromatic rings. The number of hydrogen-bond acceptors (Lipinski definition) is 5. The lowest BCUT2D eigenvalue weighted by Gasteiger charge is -2.01. The van der Waals surface area contributed by atoms with Gasteiger partial charge in [-0.15, -0.1) is 0 Å². The molecule has 1 amide bonds. The second-order valence-electron chi connectivity index (χ2n) is 3.16. The van der Waals surface area contributed by atoms with Gasteiger partial charge < -0.3 is 14.8 Å². The third-order valence-corrected chi connectivity index (χ3v) is 1.88. The summed E-state index contributed by atoms with van der Waals surface area (Å²) in [5.74, 6) is -1.71. The Balaban J connectivity index is 2.48. The van der Waals surface area contributed by atoms with Crippen LogP contribution in [0.3, 0.4) is 0 Å². The van der Waals surface area contributed by atoms with Crippen LogP contribution < -0.4 is 5.32 Å². The van der Waals surface area contributed by atoms with Crippen molar-refractivity contribution in [3.05, 3.63) is 12.4 Å². The van der Waals surface area contributed by atoms with Gasteiger partial charge in [0, 0.05) is 13.3 Å². The summed E-state index contributed by atoms with van der Waals surface area (Å²) >= 11 is 0. The first kappa shape index (κ1) is 13.2. The zero-order valence-corrected chi connectivity index (χ0v) is 9.80. The van der Waals surface area contributed by atoms with Crippen molar-refractivity contribution in [3.8, 4) is 0 Å². The van der Waals surface area contributed by atoms with Crippen LogP contribution >= 0.6 is 0 Å². The van der Waals surface area contributed by atoms with Crippen molar-refractivity contribution >= 4 is 17.6 Å². The zero-order chi connectivity index (χ0) is 12.7. The first-order chi connectivity index (χ1) is 8.17. The van der Waals surface area contributed by atoms with Gasteiger partial charge in [0.1, 0.15) is 0 Å². The predicted octanol–water partition coefficient (Wildman–Crippen LogP) is 0.0311. The zero-order valence-electron chi connectivity index (χ0n) is 9.80. The number of methoxy groups -OCH3 is 1. The van der Waals surface area contributed by atoms with E-state index in [2.05, 4.69) is 15.2 Å². The maximum absolute atomic E-state index is 11.3. The van der Waals surface area contributed by atoms with Gasteiger partial charge in [-0.05, 0) is 6.92 Å². The van der Waals surface area contributed by atoms with Crippen LogP contribution in [0.15, 0.2) is 12.4 Å². The summed E-state index contributed by atoms with van der Waals surface area (Å²) in [7, 11) is 1.59. The van der Waals surface area contributed by atoms with Crippen molar-refractivity contribution in [2.45, 2.75) is 13.5 Å². The largest absolute Gasteiger partial charge is 0.459 e. The van der Waals surface area contributed by atoms with Crippen molar-refractivity contribution in [1.82, 2.24) is 9.78 Å². The smallest absolute Gasteiger partial charge is 0.397 e. The molecule has 1 rings (SSSR count). The van der Waals surface area contributed by atoms with Gasteiger partial charge in [0.05, 0.1) is 31.6 Å². The molecule has 7 heteroatoms. The van der Waals surface area contributed by atoms with Crippen molar-refractivity contribution in [1.29, 1.82) is 0 Å². The molecule has 94 valence electrons. The summed E-state index contributed by atoms with van der Waals surface area (Å²) < 4.78 is 11.0. The first-order valence-corrected chi connectivity index (χ1v) is 5.17. The number of nitrogens with zero attached hydrogens (tertiary/aromatic N) is 2. The molecule has 1 heterocycles. The van der Waals surface area contributed by atoms with Gasteiger partial charge in [0.25, 0.3) is 0 Å². The highest BCUT2D eigenvalue weighted by molar-refractivity contribution is 6.37. The summed E-state index contributed by atoms with van der Waals surface area (Å²) in [5, 5.41) is 6.37. The van der Waals surface area contributed by atoms with E-state index in [9.17, 15) is 9.59 Å². The summed E-state index contributed by atoms with van der Waals surface area (Å²) in [6.07, 6.45) is 3.06. The van der Waals surface area contributed by atoms with Crippen LogP contribution in [0.5, 0.6) is 0 Å². The SMILES string of the molecule is CCOC(=O)C(=O)Nc1cnn(CCOC)c1. The summed E-state index contributed by atoms with van der Waals surface area (Å²) in [6.45, 7) is 2.89. The number of carbonyl (C=O) groups excluding carboxylic acids is 2. The molecular formula is C10H15N3O4. The van der Waals surface area contributed by atoms with E-state index in [4.69, 9.17) is 4.74 Å². The number of amides is 1. The molecule has 0 spiro atoms. The molecule has 0 aliphatic heterocycles. The molecule has 0 atom stereocenters. The standard InChI is InChI=1S/C10H15N3O4/c1-3-17-10(15)9(14)12-8-6-11-13(7-8)4-5-16-2/h6-7H,3-5H2,1-2H3,(H,12,14). The van der Waals surface area contributed by atoms with E-state index in [1.165, 1.54) is 6.20 Å². The number of ether oxygens (including phenoxy) is 2. The maximum atomic E-state index is 11.3. The van der Waals surface area contributed by atoms with E-state index in [-0.39, 0.29) is 6.61 Å². The Morgan fingerprint density at radius 2 is 2.29 bits per heavy atom. The molecule has 0 bridgehead atoms. The third kappa shape index (κ3) is 4.23. The van der Waals surface area contributed by atoms with E-state index in [0.717, 1.165) is 0 Å². The van der Waals surface area contributed by atoms with Crippen LogP contribution in [0.4, 0.5) is 5.69 Å². The molecule has 1 N–H and O–H groups in total. The van der Waals surface area contributed by atoms with Crippen molar-refractivity contribution in [2.75, 3.05) is 25.6 Å². The van der Waals surface area contributed by atoms with Gasteiger partial charge in [-0.25, -0.2) is 4.79 Å². The Morgan fingerprint density at radius 3 is 2.94 bits per heavy atom. The van der Waals surface area contributed by atoms with Crippen molar-refractivity contribution in [2.24, 2.45) is 0 Å². The van der Waals surface area contributed by atoms with Crippen LogP contribution in [-0.4, -0.2) is 42.0 Å². The Bertz CT molecular complexity index is 389. The van der Waals surface area contributed by atoms with E-state index < -0.39 is 11.9 Å². The summed E-state index contributed by atoms with van der Waals surface area (Å²) in [5.41, 5.74) is 0.444. The Hall–Kier alpha value is -1.89. The minimum Gasteiger partial charge on any atom is -0.459 e. The summed E-state index contributed by atoms with van der Waals surface area (Å²) in [4.78, 5) is 22.3. The van der Waals surface area contributed by atoms with Gasteiger partial charge in [-0.2, -0.15) is 5.10 Å². The molecular weight excluding hydrogens is 226 g/mol. The molecule has 0 unspecified atom stereocenters. The molecule has 0 aliphatic carbocycles. The topological polar surface area (TPSA) is 82.5 Å². The lowest BCUT2D eigenvalue weighted by atomic mass is 10.5. The normalized spacial score (nSPS) is 10.0. The van der Waals surface area contributed by atoms with Gasteiger partial charge in [0.2, 0.25) is 0 Å². The van der Waals surface area contributed by atoms with Crippen LogP contribution in [0.2, 0.25) is 0 Å². The van der Waals surface area contributed by atoms with E-state index in [0.29, 0.717) is 18.8 Å². The Morgan fingerprint density at radius 1 is 1.53 bits per heavy atom. The molecule has 0 radical (unpaired) electrons. The van der Waals surface area contributed by atoms with Crippen LogP contribution in [-0.2, 0) is 25.6 Å². The highest BCUT2D eigenvalue weighted by Gasteiger charge is 2.15. The van der Waals surface area contributed by atoms with Gasteiger partial charge >= 0.3 is 11.9 Å². The second kappa shape index (κ2) is 6.64. The highest BCUT2D eigenvalue weighted by atomic mass is 16.5. The summed E-state index contributed by atoms with van der Waals surface area (Å²) in [6, 6.07) is 0. The number of aromatic nitrogens is 2. The lowest BCUT2D eigenvalue weighted by Crippen LogP contribution is -2.24. The molecule has 1 aromatic heterocycles.